The summed E-state index contributed by atoms with van der Waals surface area (Å²) in [4.78, 5) is 19.4. The largest absolute Gasteiger partial charge is 0.324 e. The highest BCUT2D eigenvalue weighted by Gasteiger charge is 2.18. The van der Waals surface area contributed by atoms with E-state index in [0.29, 0.717) is 5.13 Å². The van der Waals surface area contributed by atoms with Crippen molar-refractivity contribution < 1.29 is 4.79 Å². The number of carbonyl (C=O) groups is 1. The van der Waals surface area contributed by atoms with E-state index in [-0.39, 0.29) is 6.03 Å². The lowest BCUT2D eigenvalue weighted by Gasteiger charge is -2.20. The third-order valence-electron chi connectivity index (χ3n) is 2.52. The number of anilines is 1. The molecule has 6 heteroatoms. The summed E-state index contributed by atoms with van der Waals surface area (Å²) in [6.07, 6.45) is 4.32. The molecule has 2 rings (SSSR count). The first kappa shape index (κ1) is 12.1. The number of thiazole rings is 1. The van der Waals surface area contributed by atoms with Gasteiger partial charge in [0.2, 0.25) is 0 Å². The minimum atomic E-state index is -0.248. The molecular formula is C11H16N4OS. The fraction of sp³-hybridized carbons (Fsp3) is 0.455. The summed E-state index contributed by atoms with van der Waals surface area (Å²) in [5.74, 6) is 0. The van der Waals surface area contributed by atoms with Crippen molar-refractivity contribution in [3.8, 4) is 0 Å². The minimum absolute atomic E-state index is 0.248. The second kappa shape index (κ2) is 5.29. The fourth-order valence-electron chi connectivity index (χ4n) is 1.67. The minimum Gasteiger partial charge on any atom is -0.315 e. The van der Waals surface area contributed by atoms with Crippen molar-refractivity contribution >= 4 is 22.5 Å². The van der Waals surface area contributed by atoms with Gasteiger partial charge in [-0.3, -0.25) is 5.32 Å². The monoisotopic (exact) mass is 252 g/mol. The van der Waals surface area contributed by atoms with Crippen LogP contribution in [0.4, 0.5) is 9.93 Å². The number of amides is 2. The summed E-state index contributed by atoms with van der Waals surface area (Å²) >= 11 is 1.55. The van der Waals surface area contributed by atoms with Crippen LogP contribution in [0.5, 0.6) is 0 Å². The van der Waals surface area contributed by atoms with Gasteiger partial charge < -0.3 is 10.2 Å². The van der Waals surface area contributed by atoms with Gasteiger partial charge in [0.1, 0.15) is 0 Å². The molecule has 2 amide bonds. The molecule has 17 heavy (non-hydrogen) atoms. The third kappa shape index (κ3) is 3.04. The first-order chi connectivity index (χ1) is 8.19. The maximum atomic E-state index is 11.4. The molecule has 0 spiro atoms. The number of allylic oxidation sites excluding steroid dienone is 1. The normalized spacial score (nSPS) is 15.9. The summed E-state index contributed by atoms with van der Waals surface area (Å²) < 4.78 is 0. The molecule has 0 fully saturated rings. The van der Waals surface area contributed by atoms with Gasteiger partial charge in [-0.15, -0.1) is 11.3 Å². The Kier molecular flexibility index (Phi) is 3.75. The maximum absolute atomic E-state index is 11.4. The summed E-state index contributed by atoms with van der Waals surface area (Å²) in [6.45, 7) is 3.80. The molecule has 5 nitrogen and oxygen atoms in total. The van der Waals surface area contributed by atoms with Crippen LogP contribution in [-0.2, 0) is 13.0 Å². The molecule has 1 aliphatic heterocycles. The van der Waals surface area contributed by atoms with Crippen molar-refractivity contribution in [1.29, 1.82) is 0 Å². The van der Waals surface area contributed by atoms with Crippen molar-refractivity contribution in [3.05, 3.63) is 22.8 Å². The second-order valence-electron chi connectivity index (χ2n) is 3.98. The van der Waals surface area contributed by atoms with E-state index < -0.39 is 0 Å². The average Bonchev–Trinajstić information content (AvgIpc) is 2.67. The quantitative estimate of drug-likeness (QED) is 0.843. The lowest BCUT2D eigenvalue weighted by atomic mass is 10.2. The molecule has 0 radical (unpaired) electrons. The highest BCUT2D eigenvalue weighted by atomic mass is 32.1. The zero-order valence-corrected chi connectivity index (χ0v) is 10.8. The first-order valence-corrected chi connectivity index (χ1v) is 6.36. The molecule has 0 unspecified atom stereocenters. The van der Waals surface area contributed by atoms with Crippen molar-refractivity contribution in [2.75, 3.05) is 18.9 Å². The smallest absolute Gasteiger partial charge is 0.315 e. The van der Waals surface area contributed by atoms with Crippen molar-refractivity contribution in [1.82, 2.24) is 15.2 Å². The van der Waals surface area contributed by atoms with E-state index in [9.17, 15) is 4.79 Å². The summed E-state index contributed by atoms with van der Waals surface area (Å²) in [6, 6.07) is -0.248. The zero-order valence-electron chi connectivity index (χ0n) is 9.99. The van der Waals surface area contributed by atoms with E-state index in [1.165, 1.54) is 4.88 Å². The highest BCUT2D eigenvalue weighted by molar-refractivity contribution is 7.15. The van der Waals surface area contributed by atoms with Gasteiger partial charge in [0.15, 0.2) is 5.13 Å². The molecule has 0 saturated carbocycles. The Morgan fingerprint density at radius 1 is 1.59 bits per heavy atom. The molecule has 0 aliphatic carbocycles. The Morgan fingerprint density at radius 2 is 2.41 bits per heavy atom. The fourth-order valence-corrected chi connectivity index (χ4v) is 2.75. The zero-order chi connectivity index (χ0) is 12.3. The van der Waals surface area contributed by atoms with Gasteiger partial charge >= 0.3 is 6.03 Å². The Balaban J connectivity index is 2.01. The molecule has 0 saturated heterocycles. The van der Waals surface area contributed by atoms with Crippen LogP contribution in [-0.4, -0.2) is 29.5 Å². The van der Waals surface area contributed by atoms with Crippen LogP contribution < -0.4 is 10.6 Å². The Labute approximate surface area is 105 Å². The van der Waals surface area contributed by atoms with E-state index in [2.05, 4.69) is 27.6 Å². The second-order valence-corrected chi connectivity index (χ2v) is 5.06. The number of likely N-dealkylation sites (N-methyl/N-ethyl adjacent to an activating group) is 1. The number of hydrogen-bond acceptors (Lipinski definition) is 4. The lowest BCUT2D eigenvalue weighted by Crippen LogP contribution is -2.25. The van der Waals surface area contributed by atoms with Gasteiger partial charge in [-0.1, -0.05) is 6.08 Å². The topological polar surface area (TPSA) is 57.3 Å². The van der Waals surface area contributed by atoms with E-state index in [1.807, 2.05) is 6.92 Å². The average molecular weight is 252 g/mol. The number of hydrogen-bond donors (Lipinski definition) is 2. The molecule has 92 valence electrons. The lowest BCUT2D eigenvalue weighted by molar-refractivity contribution is 0.255. The highest BCUT2D eigenvalue weighted by Crippen LogP contribution is 2.27. The van der Waals surface area contributed by atoms with E-state index >= 15 is 0 Å². The summed E-state index contributed by atoms with van der Waals surface area (Å²) in [5.41, 5.74) is 1.12. The molecule has 1 aromatic rings. The van der Waals surface area contributed by atoms with Crippen LogP contribution in [0.3, 0.4) is 0 Å². The Bertz CT molecular complexity index is 441. The summed E-state index contributed by atoms with van der Waals surface area (Å²) in [5, 5.41) is 6.01. The number of nitrogens with one attached hydrogen (secondary N) is 2. The van der Waals surface area contributed by atoms with Crippen LogP contribution in [0.2, 0.25) is 0 Å². The van der Waals surface area contributed by atoms with Crippen LogP contribution >= 0.6 is 11.3 Å². The molecule has 2 heterocycles. The van der Waals surface area contributed by atoms with Gasteiger partial charge in [-0.2, -0.15) is 0 Å². The molecule has 0 atom stereocenters. The van der Waals surface area contributed by atoms with Crippen molar-refractivity contribution in [2.24, 2.45) is 0 Å². The van der Waals surface area contributed by atoms with Gasteiger partial charge in [0.25, 0.3) is 0 Å². The number of nitrogens with zero attached hydrogens (tertiary/aromatic N) is 2. The van der Waals surface area contributed by atoms with Gasteiger partial charge in [0.05, 0.1) is 5.69 Å². The standard InChI is InChI=1S/C11H16N4OS/c1-3-5-12-10(16)14-11-13-8-4-6-15(2)7-9(8)17-11/h3,5H,4,6-7H2,1-2H3,(H2,12,13,14,16)/b5-3+. The Morgan fingerprint density at radius 3 is 3.18 bits per heavy atom. The van der Waals surface area contributed by atoms with Crippen LogP contribution in [0.1, 0.15) is 17.5 Å². The van der Waals surface area contributed by atoms with E-state index in [1.54, 1.807) is 23.6 Å². The molecule has 0 bridgehead atoms. The summed E-state index contributed by atoms with van der Waals surface area (Å²) in [7, 11) is 2.09. The Hall–Kier alpha value is -1.40. The van der Waals surface area contributed by atoms with Crippen molar-refractivity contribution in [3.63, 3.8) is 0 Å². The van der Waals surface area contributed by atoms with Gasteiger partial charge in [0, 0.05) is 30.6 Å². The van der Waals surface area contributed by atoms with Crippen molar-refractivity contribution in [2.45, 2.75) is 19.9 Å². The predicted molar refractivity (Wildman–Crippen MR) is 69.1 cm³/mol. The molecule has 0 aromatic carbocycles. The van der Waals surface area contributed by atoms with Gasteiger partial charge in [-0.25, -0.2) is 9.78 Å². The molecule has 1 aliphatic rings. The first-order valence-electron chi connectivity index (χ1n) is 5.55. The molecule has 2 N–H and O–H groups in total. The van der Waals surface area contributed by atoms with Crippen LogP contribution in [0.25, 0.3) is 0 Å². The predicted octanol–water partition coefficient (Wildman–Crippen LogP) is 1.79. The maximum Gasteiger partial charge on any atom is 0.324 e. The number of aromatic nitrogens is 1. The number of rotatable bonds is 2. The van der Waals surface area contributed by atoms with Crippen LogP contribution in [0, 0.1) is 0 Å². The number of carbonyl (C=O) groups excluding carboxylic acids is 1. The van der Waals surface area contributed by atoms with E-state index in [0.717, 1.165) is 25.2 Å². The number of fused-ring (bicyclic) bond motifs is 1. The molecule has 1 aromatic heterocycles. The van der Waals surface area contributed by atoms with E-state index in [4.69, 9.17) is 0 Å². The van der Waals surface area contributed by atoms with Gasteiger partial charge in [-0.05, 0) is 14.0 Å². The van der Waals surface area contributed by atoms with Crippen LogP contribution in [0.15, 0.2) is 12.3 Å². The molecular weight excluding hydrogens is 236 g/mol. The number of urea groups is 1. The third-order valence-corrected chi connectivity index (χ3v) is 3.52. The SMILES string of the molecule is C/C=C/NC(=O)Nc1nc2c(s1)CN(C)CC2.